The Morgan fingerprint density at radius 1 is 1.22 bits per heavy atom. The molecule has 0 spiro atoms. The topological polar surface area (TPSA) is 9.23 Å². The lowest BCUT2D eigenvalue weighted by Gasteiger charge is -2.23. The summed E-state index contributed by atoms with van der Waals surface area (Å²) in [6.45, 7) is 8.10. The molecule has 0 amide bonds. The van der Waals surface area contributed by atoms with Crippen molar-refractivity contribution in [1.82, 2.24) is 0 Å². The van der Waals surface area contributed by atoms with Crippen LogP contribution in [0.15, 0.2) is 6.08 Å². The second-order valence-electron chi connectivity index (χ2n) is 3.50. The fourth-order valence-corrected chi connectivity index (χ4v) is 1.06. The largest absolute Gasteiger partial charge is 0.361 e. The van der Waals surface area contributed by atoms with Crippen molar-refractivity contribution in [2.45, 2.75) is 38.9 Å². The number of hydrogen-bond acceptors (Lipinski definition) is 1. The summed E-state index contributed by atoms with van der Waals surface area (Å²) in [6, 6.07) is 0. The van der Waals surface area contributed by atoms with Crippen LogP contribution in [0, 0.1) is 6.08 Å². The minimum absolute atomic E-state index is 0.108. The Hall–Kier alpha value is -0.300. The van der Waals surface area contributed by atoms with Gasteiger partial charge in [0.1, 0.15) is 0 Å². The van der Waals surface area contributed by atoms with E-state index in [1.165, 1.54) is 0 Å². The van der Waals surface area contributed by atoms with Crippen molar-refractivity contribution in [3.05, 3.63) is 12.2 Å². The zero-order valence-corrected chi connectivity index (χ0v) is 6.49. The summed E-state index contributed by atoms with van der Waals surface area (Å²) < 4.78 is 5.57. The van der Waals surface area contributed by atoms with E-state index in [0.717, 1.165) is 0 Å². The summed E-state index contributed by atoms with van der Waals surface area (Å²) in [5, 5.41) is 0. The molecule has 1 radical (unpaired) electrons. The van der Waals surface area contributed by atoms with Crippen LogP contribution in [-0.4, -0.2) is 11.2 Å². The molecule has 1 rings (SSSR count). The summed E-state index contributed by atoms with van der Waals surface area (Å²) in [5.74, 6) is 0. The number of hydrogen-bond donors (Lipinski definition) is 0. The highest BCUT2D eigenvalue weighted by Crippen LogP contribution is 2.28. The minimum Gasteiger partial charge on any atom is -0.361 e. The van der Waals surface area contributed by atoms with Gasteiger partial charge in [0.05, 0.1) is 11.2 Å². The first kappa shape index (κ1) is 6.81. The molecule has 0 saturated carbocycles. The highest BCUT2D eigenvalue weighted by molar-refractivity contribution is 5.06. The van der Waals surface area contributed by atoms with Crippen LogP contribution in [-0.2, 0) is 4.74 Å². The third-order valence-corrected chi connectivity index (χ3v) is 1.29. The zero-order valence-electron chi connectivity index (χ0n) is 6.49. The molecule has 0 aromatic rings. The van der Waals surface area contributed by atoms with Crippen molar-refractivity contribution in [1.29, 1.82) is 0 Å². The Morgan fingerprint density at radius 3 is 1.89 bits per heavy atom. The second kappa shape index (κ2) is 1.60. The van der Waals surface area contributed by atoms with Gasteiger partial charge in [0.25, 0.3) is 0 Å². The summed E-state index contributed by atoms with van der Waals surface area (Å²) in [4.78, 5) is 0. The molecule has 1 nitrogen and oxygen atoms in total. The predicted octanol–water partition coefficient (Wildman–Crippen LogP) is 1.93. The molecule has 0 unspecified atom stereocenters. The highest BCUT2D eigenvalue weighted by Gasteiger charge is 2.31. The van der Waals surface area contributed by atoms with Crippen LogP contribution >= 0.6 is 0 Å². The fourth-order valence-electron chi connectivity index (χ4n) is 1.06. The summed E-state index contributed by atoms with van der Waals surface area (Å²) in [5.41, 5.74) is -0.285. The van der Waals surface area contributed by atoms with Crippen LogP contribution in [0.2, 0.25) is 0 Å². The van der Waals surface area contributed by atoms with Crippen LogP contribution < -0.4 is 0 Å². The molecule has 1 heteroatoms. The molecule has 1 aliphatic rings. The average molecular weight is 125 g/mol. The minimum atomic E-state index is -0.177. The van der Waals surface area contributed by atoms with Gasteiger partial charge in [-0.2, -0.15) is 0 Å². The van der Waals surface area contributed by atoms with Crippen molar-refractivity contribution in [3.8, 4) is 0 Å². The van der Waals surface area contributed by atoms with E-state index >= 15 is 0 Å². The van der Waals surface area contributed by atoms with Crippen LogP contribution in [0.1, 0.15) is 27.7 Å². The molecule has 0 bridgehead atoms. The Morgan fingerprint density at radius 2 is 1.78 bits per heavy atom. The van der Waals surface area contributed by atoms with Gasteiger partial charge >= 0.3 is 0 Å². The zero-order chi connectivity index (χ0) is 7.12. The first-order valence-electron chi connectivity index (χ1n) is 3.24. The first-order valence-corrected chi connectivity index (χ1v) is 3.24. The van der Waals surface area contributed by atoms with E-state index in [2.05, 4.69) is 6.08 Å². The van der Waals surface area contributed by atoms with E-state index in [-0.39, 0.29) is 11.2 Å². The smallest absolute Gasteiger partial charge is 0.0888 e. The van der Waals surface area contributed by atoms with E-state index in [1.54, 1.807) is 0 Å². The van der Waals surface area contributed by atoms with Crippen molar-refractivity contribution in [3.63, 3.8) is 0 Å². The molecule has 0 atom stereocenters. The Kier molecular flexibility index (Phi) is 1.21. The summed E-state index contributed by atoms with van der Waals surface area (Å²) in [7, 11) is 0. The van der Waals surface area contributed by atoms with Crippen molar-refractivity contribution in [2.75, 3.05) is 0 Å². The normalized spacial score (nSPS) is 28.9. The third kappa shape index (κ3) is 1.55. The number of ether oxygens (including phenoxy) is 1. The molecule has 1 heterocycles. The van der Waals surface area contributed by atoms with E-state index < -0.39 is 0 Å². The van der Waals surface area contributed by atoms with E-state index in [1.807, 2.05) is 33.8 Å². The van der Waals surface area contributed by atoms with Crippen molar-refractivity contribution < 1.29 is 4.74 Å². The standard InChI is InChI=1S/C8H13O/c1-7(2)5-6-8(3,4)9-7/h5H,1-4H3. The molecule has 1 aliphatic heterocycles. The first-order chi connectivity index (χ1) is 3.91. The Bertz CT molecular complexity index is 127. The van der Waals surface area contributed by atoms with Gasteiger partial charge in [-0.05, 0) is 39.8 Å². The fraction of sp³-hybridized carbons (Fsp3) is 0.750. The van der Waals surface area contributed by atoms with E-state index in [9.17, 15) is 0 Å². The maximum atomic E-state index is 5.57. The monoisotopic (exact) mass is 125 g/mol. The van der Waals surface area contributed by atoms with Gasteiger partial charge in [0.2, 0.25) is 0 Å². The maximum absolute atomic E-state index is 5.57. The lowest BCUT2D eigenvalue weighted by atomic mass is 10.1. The molecule has 0 aliphatic carbocycles. The van der Waals surface area contributed by atoms with Crippen LogP contribution in [0.25, 0.3) is 0 Å². The molecular formula is C8H13O. The van der Waals surface area contributed by atoms with Crippen LogP contribution in [0.4, 0.5) is 0 Å². The van der Waals surface area contributed by atoms with E-state index in [4.69, 9.17) is 4.74 Å². The molecule has 0 aromatic carbocycles. The number of rotatable bonds is 0. The van der Waals surface area contributed by atoms with Crippen molar-refractivity contribution in [2.24, 2.45) is 0 Å². The Balaban J connectivity index is 2.71. The van der Waals surface area contributed by atoms with Crippen LogP contribution in [0.5, 0.6) is 0 Å². The average Bonchev–Trinajstić information content (AvgIpc) is 1.78. The SMILES string of the molecule is CC1(C)[C]=CC(C)(C)O1. The highest BCUT2D eigenvalue weighted by atomic mass is 16.5. The van der Waals surface area contributed by atoms with Crippen molar-refractivity contribution >= 4 is 0 Å². The van der Waals surface area contributed by atoms with Gasteiger partial charge in [0, 0.05) is 0 Å². The lowest BCUT2D eigenvalue weighted by Crippen LogP contribution is -2.27. The Labute approximate surface area is 56.7 Å². The maximum Gasteiger partial charge on any atom is 0.0888 e. The molecule has 9 heavy (non-hydrogen) atoms. The summed E-state index contributed by atoms with van der Waals surface area (Å²) in [6.07, 6.45) is 5.12. The van der Waals surface area contributed by atoms with Gasteiger partial charge in [-0.1, -0.05) is 0 Å². The quantitative estimate of drug-likeness (QED) is 0.480. The molecule has 0 fully saturated rings. The second-order valence-corrected chi connectivity index (χ2v) is 3.50. The third-order valence-electron chi connectivity index (χ3n) is 1.29. The van der Waals surface area contributed by atoms with Gasteiger partial charge < -0.3 is 4.74 Å². The molecule has 0 N–H and O–H groups in total. The molecular weight excluding hydrogens is 112 g/mol. The van der Waals surface area contributed by atoms with Gasteiger partial charge in [-0.3, -0.25) is 0 Å². The predicted molar refractivity (Wildman–Crippen MR) is 37.1 cm³/mol. The molecule has 51 valence electrons. The van der Waals surface area contributed by atoms with Gasteiger partial charge in [-0.15, -0.1) is 0 Å². The van der Waals surface area contributed by atoms with Crippen LogP contribution in [0.3, 0.4) is 0 Å². The summed E-state index contributed by atoms with van der Waals surface area (Å²) >= 11 is 0. The van der Waals surface area contributed by atoms with Gasteiger partial charge in [-0.25, -0.2) is 0 Å². The lowest BCUT2D eigenvalue weighted by molar-refractivity contribution is -0.0509. The molecule has 0 saturated heterocycles. The molecule has 0 aromatic heterocycles. The van der Waals surface area contributed by atoms with E-state index in [0.29, 0.717) is 0 Å². The van der Waals surface area contributed by atoms with Gasteiger partial charge in [0.15, 0.2) is 0 Å².